The molecule has 3 aliphatic heterocycles. The van der Waals surface area contributed by atoms with Gasteiger partial charge in [-0.05, 0) is 51.6 Å². The average Bonchev–Trinajstić information content (AvgIpc) is 2.84. The standard InChI is InChI=1S/C15H28N4/c1-15-8-18(2)6-9(15)4-13(17-15)14-10-5-12(16)11(10)7-19(14)3/h9-14,17H,4-8,16H2,1-3H3/t9?,10-,11-,12+,13?,14?,15?/m0/s1. The van der Waals surface area contributed by atoms with Gasteiger partial charge in [0.2, 0.25) is 0 Å². The fraction of sp³-hybridized carbons (Fsp3) is 1.00. The van der Waals surface area contributed by atoms with E-state index in [4.69, 9.17) is 5.73 Å². The maximum atomic E-state index is 6.17. The van der Waals surface area contributed by atoms with Crippen molar-refractivity contribution in [3.05, 3.63) is 0 Å². The number of likely N-dealkylation sites (N-methyl/N-ethyl adjacent to an activating group) is 2. The fourth-order valence-corrected chi connectivity index (χ4v) is 5.68. The predicted octanol–water partition coefficient (Wildman–Crippen LogP) is -0.0540. The van der Waals surface area contributed by atoms with E-state index in [2.05, 4.69) is 36.1 Å². The summed E-state index contributed by atoms with van der Waals surface area (Å²) in [5, 5.41) is 4.01. The van der Waals surface area contributed by atoms with Crippen molar-refractivity contribution in [2.45, 2.75) is 43.4 Å². The van der Waals surface area contributed by atoms with Crippen molar-refractivity contribution in [3.63, 3.8) is 0 Å². The summed E-state index contributed by atoms with van der Waals surface area (Å²) in [6, 6.07) is 1.90. The van der Waals surface area contributed by atoms with E-state index >= 15 is 0 Å². The van der Waals surface area contributed by atoms with Crippen LogP contribution in [0.4, 0.5) is 0 Å². The molecule has 0 bridgehead atoms. The van der Waals surface area contributed by atoms with Gasteiger partial charge < -0.3 is 20.9 Å². The Kier molecular flexibility index (Phi) is 2.61. The number of likely N-dealkylation sites (tertiary alicyclic amines) is 2. The van der Waals surface area contributed by atoms with E-state index < -0.39 is 0 Å². The summed E-state index contributed by atoms with van der Waals surface area (Å²) in [6.07, 6.45) is 2.60. The summed E-state index contributed by atoms with van der Waals surface area (Å²) in [7, 11) is 4.56. The van der Waals surface area contributed by atoms with Crippen LogP contribution in [0.1, 0.15) is 19.8 Å². The molecule has 7 atom stereocenters. The van der Waals surface area contributed by atoms with Crippen LogP contribution in [-0.4, -0.2) is 67.2 Å². The molecular formula is C15H28N4. The second kappa shape index (κ2) is 3.94. The van der Waals surface area contributed by atoms with Gasteiger partial charge in [-0.15, -0.1) is 0 Å². The van der Waals surface area contributed by atoms with Crippen LogP contribution in [-0.2, 0) is 0 Å². The molecule has 4 unspecified atom stereocenters. The van der Waals surface area contributed by atoms with Crippen molar-refractivity contribution >= 4 is 0 Å². The van der Waals surface area contributed by atoms with Crippen LogP contribution in [0.25, 0.3) is 0 Å². The summed E-state index contributed by atoms with van der Waals surface area (Å²) in [5.41, 5.74) is 6.52. The third-order valence-corrected chi connectivity index (χ3v) is 6.59. The van der Waals surface area contributed by atoms with Gasteiger partial charge in [-0.2, -0.15) is 0 Å². The number of nitrogens with one attached hydrogen (secondary N) is 1. The van der Waals surface area contributed by atoms with Crippen molar-refractivity contribution in [3.8, 4) is 0 Å². The molecule has 0 amide bonds. The molecule has 4 rings (SSSR count). The monoisotopic (exact) mass is 264 g/mol. The zero-order chi connectivity index (χ0) is 13.4. The van der Waals surface area contributed by atoms with Gasteiger partial charge in [0.05, 0.1) is 0 Å². The molecule has 108 valence electrons. The number of rotatable bonds is 1. The van der Waals surface area contributed by atoms with Gasteiger partial charge in [-0.1, -0.05) is 0 Å². The number of hydrogen-bond acceptors (Lipinski definition) is 4. The Morgan fingerprint density at radius 2 is 1.95 bits per heavy atom. The average molecular weight is 264 g/mol. The summed E-state index contributed by atoms with van der Waals surface area (Å²) >= 11 is 0. The van der Waals surface area contributed by atoms with E-state index in [0.29, 0.717) is 17.6 Å². The van der Waals surface area contributed by atoms with Crippen LogP contribution < -0.4 is 11.1 Å². The molecule has 3 N–H and O–H groups in total. The van der Waals surface area contributed by atoms with Gasteiger partial charge in [0.15, 0.2) is 0 Å². The van der Waals surface area contributed by atoms with E-state index in [9.17, 15) is 0 Å². The Labute approximate surface area is 116 Å². The number of nitrogens with zero attached hydrogens (tertiary/aromatic N) is 2. The van der Waals surface area contributed by atoms with Crippen LogP contribution in [0.3, 0.4) is 0 Å². The first-order valence-corrected chi connectivity index (χ1v) is 7.90. The third kappa shape index (κ3) is 1.67. The molecule has 19 heavy (non-hydrogen) atoms. The maximum Gasteiger partial charge on any atom is 0.0324 e. The first-order valence-electron chi connectivity index (χ1n) is 7.90. The van der Waals surface area contributed by atoms with Crippen LogP contribution >= 0.6 is 0 Å². The minimum absolute atomic E-state index is 0.351. The quantitative estimate of drug-likeness (QED) is 0.697. The SMILES string of the molecule is CN1CC2CC(C3[C@H]4C[C@@H](N)[C@H]4CN3C)NC2(C)C1. The topological polar surface area (TPSA) is 44.5 Å². The Bertz CT molecular complexity index is 386. The highest BCUT2D eigenvalue weighted by Gasteiger charge is 2.57. The van der Waals surface area contributed by atoms with Gasteiger partial charge in [-0.25, -0.2) is 0 Å². The second-order valence-electron chi connectivity index (χ2n) is 7.96. The minimum atomic E-state index is 0.351. The number of hydrogen-bond donors (Lipinski definition) is 2. The molecule has 0 aromatic carbocycles. The van der Waals surface area contributed by atoms with Crippen LogP contribution in [0.15, 0.2) is 0 Å². The minimum Gasteiger partial charge on any atom is -0.327 e. The molecule has 4 nitrogen and oxygen atoms in total. The molecule has 1 saturated carbocycles. The van der Waals surface area contributed by atoms with E-state index in [-0.39, 0.29) is 0 Å². The smallest absolute Gasteiger partial charge is 0.0324 e. The van der Waals surface area contributed by atoms with Crippen LogP contribution in [0.5, 0.6) is 0 Å². The zero-order valence-electron chi connectivity index (χ0n) is 12.5. The van der Waals surface area contributed by atoms with Gasteiger partial charge in [0.25, 0.3) is 0 Å². The lowest BCUT2D eigenvalue weighted by Gasteiger charge is -2.42. The normalized spacial score (nSPS) is 58.1. The first-order chi connectivity index (χ1) is 8.98. The van der Waals surface area contributed by atoms with Crippen molar-refractivity contribution in [2.24, 2.45) is 23.5 Å². The number of fused-ring (bicyclic) bond motifs is 2. The van der Waals surface area contributed by atoms with E-state index in [1.807, 2.05) is 0 Å². The van der Waals surface area contributed by atoms with E-state index in [1.165, 1.54) is 32.5 Å². The third-order valence-electron chi connectivity index (χ3n) is 6.59. The lowest BCUT2D eigenvalue weighted by Crippen LogP contribution is -2.56. The highest BCUT2D eigenvalue weighted by atomic mass is 15.3. The van der Waals surface area contributed by atoms with Gasteiger partial charge in [-0.3, -0.25) is 0 Å². The molecule has 0 aromatic rings. The van der Waals surface area contributed by atoms with E-state index in [1.54, 1.807) is 0 Å². The molecule has 0 aromatic heterocycles. The van der Waals surface area contributed by atoms with Crippen molar-refractivity contribution in [1.29, 1.82) is 0 Å². The lowest BCUT2D eigenvalue weighted by molar-refractivity contribution is 0.132. The van der Waals surface area contributed by atoms with Crippen molar-refractivity contribution in [2.75, 3.05) is 33.7 Å². The van der Waals surface area contributed by atoms with Crippen molar-refractivity contribution in [1.82, 2.24) is 15.1 Å². The zero-order valence-corrected chi connectivity index (χ0v) is 12.5. The highest BCUT2D eigenvalue weighted by Crippen LogP contribution is 2.48. The summed E-state index contributed by atoms with van der Waals surface area (Å²) in [4.78, 5) is 5.07. The Morgan fingerprint density at radius 3 is 2.58 bits per heavy atom. The van der Waals surface area contributed by atoms with Crippen LogP contribution in [0.2, 0.25) is 0 Å². The number of nitrogens with two attached hydrogens (primary N) is 1. The highest BCUT2D eigenvalue weighted by molar-refractivity contribution is 5.15. The Morgan fingerprint density at radius 1 is 1.16 bits per heavy atom. The molecular weight excluding hydrogens is 236 g/mol. The van der Waals surface area contributed by atoms with Gasteiger partial charge in [0.1, 0.15) is 0 Å². The largest absolute Gasteiger partial charge is 0.327 e. The van der Waals surface area contributed by atoms with Crippen molar-refractivity contribution < 1.29 is 0 Å². The summed E-state index contributed by atoms with van der Waals surface area (Å²) in [5.74, 6) is 2.47. The molecule has 3 saturated heterocycles. The maximum absolute atomic E-state index is 6.17. The Hall–Kier alpha value is -0.160. The summed E-state index contributed by atoms with van der Waals surface area (Å²) in [6.45, 7) is 6.12. The molecule has 4 aliphatic rings. The first kappa shape index (κ1) is 12.6. The van der Waals surface area contributed by atoms with Gasteiger partial charge in [0, 0.05) is 43.3 Å². The molecule has 0 radical (unpaired) electrons. The Balaban J connectivity index is 1.50. The van der Waals surface area contributed by atoms with Crippen LogP contribution in [0, 0.1) is 17.8 Å². The summed E-state index contributed by atoms with van der Waals surface area (Å²) < 4.78 is 0. The molecule has 1 aliphatic carbocycles. The lowest BCUT2D eigenvalue weighted by atomic mass is 9.67. The van der Waals surface area contributed by atoms with E-state index in [0.717, 1.165) is 23.8 Å². The molecule has 4 heteroatoms. The second-order valence-corrected chi connectivity index (χ2v) is 7.96. The molecule has 4 fully saturated rings. The molecule has 0 spiro atoms. The fourth-order valence-electron chi connectivity index (χ4n) is 5.68. The predicted molar refractivity (Wildman–Crippen MR) is 76.9 cm³/mol. The molecule has 3 heterocycles. The van der Waals surface area contributed by atoms with Gasteiger partial charge >= 0.3 is 0 Å².